The van der Waals surface area contributed by atoms with E-state index < -0.39 is 41.6 Å². The Kier molecular flexibility index (Phi) is 12.7. The van der Waals surface area contributed by atoms with Gasteiger partial charge in [0.2, 0.25) is 23.6 Å². The maximum atomic E-state index is 13.6. The van der Waals surface area contributed by atoms with E-state index in [1.54, 1.807) is 31.2 Å². The first-order chi connectivity index (χ1) is 17.8. The van der Waals surface area contributed by atoms with E-state index in [0.29, 0.717) is 24.0 Å². The molecule has 1 aromatic carbocycles. The van der Waals surface area contributed by atoms with Gasteiger partial charge in [0.15, 0.2) is 5.96 Å². The zero-order valence-electron chi connectivity index (χ0n) is 22.5. The van der Waals surface area contributed by atoms with Gasteiger partial charge in [-0.2, -0.15) is 0 Å². The molecule has 4 amide bonds. The van der Waals surface area contributed by atoms with E-state index in [4.69, 9.17) is 28.3 Å². The van der Waals surface area contributed by atoms with Crippen LogP contribution in [-0.2, 0) is 25.6 Å². The number of carbonyl (C=O) groups excluding carboxylic acids is 4. The number of carbonyl (C=O) groups is 4. The van der Waals surface area contributed by atoms with E-state index in [2.05, 4.69) is 15.6 Å². The average Bonchev–Trinajstić information content (AvgIpc) is 2.87. The number of nitrogen functional groups attached to an aromatic ring is 1. The van der Waals surface area contributed by atoms with Crippen LogP contribution in [0.3, 0.4) is 0 Å². The molecular formula is C25H41N9O4. The lowest BCUT2D eigenvalue weighted by Gasteiger charge is -2.34. The summed E-state index contributed by atoms with van der Waals surface area (Å²) in [4.78, 5) is 56.8. The zero-order valence-corrected chi connectivity index (χ0v) is 22.5. The Hall–Kier alpha value is -4.16. The predicted octanol–water partition coefficient (Wildman–Crippen LogP) is -1.23. The molecule has 13 nitrogen and oxygen atoms in total. The van der Waals surface area contributed by atoms with Crippen LogP contribution < -0.4 is 33.6 Å². The molecule has 0 saturated carbocycles. The van der Waals surface area contributed by atoms with Gasteiger partial charge in [0.1, 0.15) is 23.8 Å². The molecule has 0 saturated heterocycles. The molecule has 0 bridgehead atoms. The van der Waals surface area contributed by atoms with Crippen LogP contribution in [-0.4, -0.2) is 73.0 Å². The number of benzene rings is 1. The Balaban J connectivity index is 3.15. The quantitative estimate of drug-likeness (QED) is 0.0629. The van der Waals surface area contributed by atoms with Crippen LogP contribution in [0.4, 0.5) is 0 Å². The highest BCUT2D eigenvalue weighted by atomic mass is 16.2. The SMILES string of the molecule is CCC(C)[C@@H](C(=O)N[C@@H](CCCN=C(N)N)C(N)=O)N(C)C(=O)C(Cc1ccc(C(=N)N)cc1)C(=O)NC. The molecule has 0 aromatic heterocycles. The third-order valence-electron chi connectivity index (χ3n) is 6.39. The van der Waals surface area contributed by atoms with Gasteiger partial charge >= 0.3 is 0 Å². The molecule has 0 spiro atoms. The summed E-state index contributed by atoms with van der Waals surface area (Å²) in [7, 11) is 2.89. The number of amidine groups is 1. The van der Waals surface area contributed by atoms with Crippen molar-refractivity contribution in [2.24, 2.45) is 39.8 Å². The molecule has 1 rings (SSSR count). The maximum absolute atomic E-state index is 13.6. The highest BCUT2D eigenvalue weighted by Crippen LogP contribution is 2.20. The van der Waals surface area contributed by atoms with Gasteiger partial charge in [-0.15, -0.1) is 0 Å². The molecule has 0 aliphatic rings. The van der Waals surface area contributed by atoms with Crippen molar-refractivity contribution in [2.45, 2.75) is 51.6 Å². The van der Waals surface area contributed by atoms with Gasteiger partial charge in [0.25, 0.3) is 0 Å². The lowest BCUT2D eigenvalue weighted by atomic mass is 9.92. The first kappa shape index (κ1) is 31.9. The summed E-state index contributed by atoms with van der Waals surface area (Å²) >= 11 is 0. The Bertz CT molecular complexity index is 1020. The lowest BCUT2D eigenvalue weighted by molar-refractivity contribution is -0.148. The topological polar surface area (TPSA) is 236 Å². The second-order valence-corrected chi connectivity index (χ2v) is 9.17. The van der Waals surface area contributed by atoms with Crippen molar-refractivity contribution in [2.75, 3.05) is 20.6 Å². The molecule has 13 heteroatoms. The van der Waals surface area contributed by atoms with Crippen molar-refractivity contribution in [3.05, 3.63) is 35.4 Å². The molecule has 0 heterocycles. The number of rotatable bonds is 15. The van der Waals surface area contributed by atoms with Crippen LogP contribution in [0.5, 0.6) is 0 Å². The highest BCUT2D eigenvalue weighted by Gasteiger charge is 2.37. The van der Waals surface area contributed by atoms with Gasteiger partial charge in [-0.3, -0.25) is 29.6 Å². The second kappa shape index (κ2) is 15.2. The van der Waals surface area contributed by atoms with E-state index >= 15 is 0 Å². The van der Waals surface area contributed by atoms with Crippen molar-refractivity contribution in [1.29, 1.82) is 5.41 Å². The number of hydrogen-bond donors (Lipinski definition) is 7. The van der Waals surface area contributed by atoms with Crippen LogP contribution >= 0.6 is 0 Å². The number of likely N-dealkylation sites (N-methyl/N-ethyl adjacent to an activating group) is 1. The molecule has 2 unspecified atom stereocenters. The zero-order chi connectivity index (χ0) is 29.0. The van der Waals surface area contributed by atoms with E-state index in [1.165, 1.54) is 19.0 Å². The van der Waals surface area contributed by atoms with Gasteiger partial charge in [-0.05, 0) is 30.7 Å². The fourth-order valence-electron chi connectivity index (χ4n) is 3.99. The maximum Gasteiger partial charge on any atom is 0.243 e. The smallest absolute Gasteiger partial charge is 0.243 e. The third kappa shape index (κ3) is 9.37. The normalized spacial score (nSPS) is 13.8. The van der Waals surface area contributed by atoms with E-state index in [-0.39, 0.29) is 37.1 Å². The Morgan fingerprint density at radius 2 is 1.66 bits per heavy atom. The Labute approximate surface area is 223 Å². The van der Waals surface area contributed by atoms with E-state index in [0.717, 1.165) is 0 Å². The number of nitrogens with two attached hydrogens (primary N) is 4. The number of hydrogen-bond acceptors (Lipinski definition) is 6. The van der Waals surface area contributed by atoms with Gasteiger partial charge in [-0.25, -0.2) is 0 Å². The average molecular weight is 532 g/mol. The summed E-state index contributed by atoms with van der Waals surface area (Å²) in [5, 5.41) is 12.7. The molecule has 0 radical (unpaired) electrons. The van der Waals surface area contributed by atoms with Crippen LogP contribution in [0.1, 0.15) is 44.2 Å². The number of nitrogens with one attached hydrogen (secondary N) is 3. The van der Waals surface area contributed by atoms with Gasteiger partial charge in [0, 0.05) is 26.2 Å². The summed E-state index contributed by atoms with van der Waals surface area (Å²) in [6.45, 7) is 3.94. The molecule has 38 heavy (non-hydrogen) atoms. The van der Waals surface area contributed by atoms with E-state index in [1.807, 2.05) is 6.92 Å². The summed E-state index contributed by atoms with van der Waals surface area (Å²) in [6.07, 6.45) is 1.23. The number of guanidine groups is 1. The van der Waals surface area contributed by atoms with Crippen molar-refractivity contribution in [3.8, 4) is 0 Å². The summed E-state index contributed by atoms with van der Waals surface area (Å²) < 4.78 is 0. The molecule has 0 aliphatic heterocycles. The molecular weight excluding hydrogens is 490 g/mol. The number of aliphatic imine (C=N–C) groups is 1. The molecule has 1 aromatic rings. The van der Waals surface area contributed by atoms with Crippen molar-refractivity contribution in [3.63, 3.8) is 0 Å². The Morgan fingerprint density at radius 1 is 1.05 bits per heavy atom. The van der Waals surface area contributed by atoms with Crippen molar-refractivity contribution in [1.82, 2.24) is 15.5 Å². The monoisotopic (exact) mass is 531 g/mol. The minimum Gasteiger partial charge on any atom is -0.384 e. The van der Waals surface area contributed by atoms with Crippen LogP contribution in [0.15, 0.2) is 29.3 Å². The number of nitrogens with zero attached hydrogens (tertiary/aromatic N) is 2. The molecule has 11 N–H and O–H groups in total. The Morgan fingerprint density at radius 3 is 2.13 bits per heavy atom. The fourth-order valence-corrected chi connectivity index (χ4v) is 3.99. The summed E-state index contributed by atoms with van der Waals surface area (Å²) in [5.74, 6) is -3.91. The van der Waals surface area contributed by atoms with Crippen LogP contribution in [0.2, 0.25) is 0 Å². The van der Waals surface area contributed by atoms with Gasteiger partial charge in [-0.1, -0.05) is 44.5 Å². The minimum atomic E-state index is -1.11. The predicted molar refractivity (Wildman–Crippen MR) is 146 cm³/mol. The second-order valence-electron chi connectivity index (χ2n) is 9.17. The standard InChI is InChI=1S/C25H41N9O4/c1-5-14(2)19(23(37)33-18(21(28)35)7-6-12-32-25(29)30)34(4)24(38)17(22(36)31-3)13-15-8-10-16(11-9-15)20(26)27/h8-11,14,17-19H,5-7,12-13H2,1-4H3,(H3,26,27)(H2,28,35)(H,31,36)(H,33,37)(H4,29,30,32)/t14?,17?,18-,19-/m0/s1. The first-order valence-electron chi connectivity index (χ1n) is 12.4. The molecule has 4 atom stereocenters. The largest absolute Gasteiger partial charge is 0.384 e. The van der Waals surface area contributed by atoms with Crippen LogP contribution in [0.25, 0.3) is 0 Å². The van der Waals surface area contributed by atoms with Crippen LogP contribution in [0, 0.1) is 17.2 Å². The lowest BCUT2D eigenvalue weighted by Crippen LogP contribution is -2.57. The molecule has 210 valence electrons. The van der Waals surface area contributed by atoms with Gasteiger partial charge < -0.3 is 38.5 Å². The summed E-state index contributed by atoms with van der Waals surface area (Å²) in [6, 6.07) is 4.72. The highest BCUT2D eigenvalue weighted by molar-refractivity contribution is 6.02. The molecule has 0 aliphatic carbocycles. The van der Waals surface area contributed by atoms with E-state index in [9.17, 15) is 19.2 Å². The van der Waals surface area contributed by atoms with Crippen molar-refractivity contribution < 1.29 is 19.2 Å². The van der Waals surface area contributed by atoms with Gasteiger partial charge in [0.05, 0.1) is 0 Å². The fraction of sp³-hybridized carbons (Fsp3) is 0.520. The number of primary amides is 1. The molecule has 0 fully saturated rings. The third-order valence-corrected chi connectivity index (χ3v) is 6.39. The minimum absolute atomic E-state index is 0.0740. The summed E-state index contributed by atoms with van der Waals surface area (Å²) in [5.41, 5.74) is 22.8. The van der Waals surface area contributed by atoms with Crippen molar-refractivity contribution >= 4 is 35.4 Å². The first-order valence-corrected chi connectivity index (χ1v) is 12.4. The number of amides is 4.